The number of nitrogens with zero attached hydrogens (tertiary/aromatic N) is 2. The molecule has 1 N–H and O–H groups in total. The number of rotatable bonds is 6. The van der Waals surface area contributed by atoms with Crippen LogP contribution in [0.2, 0.25) is 0 Å². The van der Waals surface area contributed by atoms with Gasteiger partial charge in [0.15, 0.2) is 6.29 Å². The standard InChI is InChI=1S/C20H29N3O2/c1-24-20(25-2)15-9-11-23(12-10-15)18-8-7-16(14-21)19(13-18)22-17-5-3-4-6-17/h7-8,13,15,17,20,22H,3-6,9-12H2,1-2H3. The molecule has 5 nitrogen and oxygen atoms in total. The van der Waals surface area contributed by atoms with Gasteiger partial charge in [0.2, 0.25) is 0 Å². The largest absolute Gasteiger partial charge is 0.381 e. The lowest BCUT2D eigenvalue weighted by molar-refractivity contribution is -0.141. The maximum atomic E-state index is 9.41. The average Bonchev–Trinajstić information content (AvgIpc) is 3.16. The number of ether oxygens (including phenoxy) is 2. The van der Waals surface area contributed by atoms with Crippen molar-refractivity contribution in [2.45, 2.75) is 50.9 Å². The summed E-state index contributed by atoms with van der Waals surface area (Å²) in [6.45, 7) is 1.98. The van der Waals surface area contributed by atoms with Crippen molar-refractivity contribution >= 4 is 11.4 Å². The second-order valence-electron chi connectivity index (χ2n) is 7.13. The molecule has 1 aromatic rings. The van der Waals surface area contributed by atoms with Crippen molar-refractivity contribution in [2.75, 3.05) is 37.5 Å². The molecule has 25 heavy (non-hydrogen) atoms. The second-order valence-corrected chi connectivity index (χ2v) is 7.13. The van der Waals surface area contributed by atoms with Gasteiger partial charge in [-0.2, -0.15) is 5.26 Å². The molecule has 0 radical (unpaired) electrons. The van der Waals surface area contributed by atoms with Crippen molar-refractivity contribution in [1.29, 1.82) is 5.26 Å². The Kier molecular flexibility index (Phi) is 6.17. The molecular weight excluding hydrogens is 314 g/mol. The molecule has 5 heteroatoms. The average molecular weight is 343 g/mol. The summed E-state index contributed by atoms with van der Waals surface area (Å²) in [5, 5.41) is 13.0. The van der Waals surface area contributed by atoms with Crippen molar-refractivity contribution in [3.8, 4) is 6.07 Å². The number of benzene rings is 1. The van der Waals surface area contributed by atoms with Crippen LogP contribution in [-0.4, -0.2) is 39.6 Å². The lowest BCUT2D eigenvalue weighted by Gasteiger charge is -2.36. The molecule has 136 valence electrons. The van der Waals surface area contributed by atoms with Crippen molar-refractivity contribution in [1.82, 2.24) is 0 Å². The highest BCUT2D eigenvalue weighted by Gasteiger charge is 2.27. The van der Waals surface area contributed by atoms with Gasteiger partial charge in [-0.25, -0.2) is 0 Å². The summed E-state index contributed by atoms with van der Waals surface area (Å²) in [7, 11) is 3.42. The van der Waals surface area contributed by atoms with Crippen LogP contribution in [0.5, 0.6) is 0 Å². The molecule has 0 bridgehead atoms. The molecule has 1 saturated carbocycles. The Hall–Kier alpha value is -1.77. The Morgan fingerprint density at radius 1 is 1.12 bits per heavy atom. The Morgan fingerprint density at radius 3 is 2.40 bits per heavy atom. The van der Waals surface area contributed by atoms with E-state index in [-0.39, 0.29) is 6.29 Å². The van der Waals surface area contributed by atoms with E-state index in [2.05, 4.69) is 28.4 Å². The minimum Gasteiger partial charge on any atom is -0.381 e. The number of nitrogens with one attached hydrogen (secondary N) is 1. The number of piperidine rings is 1. The maximum Gasteiger partial charge on any atom is 0.159 e. The fourth-order valence-corrected chi connectivity index (χ4v) is 4.15. The number of methoxy groups -OCH3 is 2. The van der Waals surface area contributed by atoms with Gasteiger partial charge in [0, 0.05) is 45.0 Å². The summed E-state index contributed by atoms with van der Waals surface area (Å²) in [6.07, 6.45) is 6.98. The Bertz CT molecular complexity index is 595. The molecule has 1 aromatic carbocycles. The predicted molar refractivity (Wildman–Crippen MR) is 99.8 cm³/mol. The van der Waals surface area contributed by atoms with Gasteiger partial charge in [-0.15, -0.1) is 0 Å². The molecule has 0 aromatic heterocycles. The quantitative estimate of drug-likeness (QED) is 0.797. The maximum absolute atomic E-state index is 9.41. The van der Waals surface area contributed by atoms with Crippen molar-refractivity contribution < 1.29 is 9.47 Å². The van der Waals surface area contributed by atoms with Gasteiger partial charge >= 0.3 is 0 Å². The first kappa shape index (κ1) is 18.0. The van der Waals surface area contributed by atoms with E-state index < -0.39 is 0 Å². The van der Waals surface area contributed by atoms with Gasteiger partial charge in [0.25, 0.3) is 0 Å². The smallest absolute Gasteiger partial charge is 0.159 e. The van der Waals surface area contributed by atoms with Crippen LogP contribution in [0, 0.1) is 17.2 Å². The normalized spacial score (nSPS) is 19.4. The van der Waals surface area contributed by atoms with E-state index in [9.17, 15) is 5.26 Å². The highest BCUT2D eigenvalue weighted by Crippen LogP contribution is 2.31. The molecule has 2 aliphatic rings. The molecule has 0 spiro atoms. The van der Waals surface area contributed by atoms with E-state index in [4.69, 9.17) is 9.47 Å². The Balaban J connectivity index is 1.67. The lowest BCUT2D eigenvalue weighted by atomic mass is 9.95. The zero-order valence-electron chi connectivity index (χ0n) is 15.3. The summed E-state index contributed by atoms with van der Waals surface area (Å²) in [5.41, 5.74) is 2.93. The minimum atomic E-state index is -0.109. The third-order valence-corrected chi connectivity index (χ3v) is 5.59. The first-order valence-electron chi connectivity index (χ1n) is 9.36. The van der Waals surface area contributed by atoms with Crippen LogP contribution in [0.1, 0.15) is 44.1 Å². The topological polar surface area (TPSA) is 57.5 Å². The van der Waals surface area contributed by atoms with E-state index >= 15 is 0 Å². The molecule has 0 amide bonds. The third-order valence-electron chi connectivity index (χ3n) is 5.59. The molecule has 2 fully saturated rings. The molecule has 1 aliphatic heterocycles. The summed E-state index contributed by atoms with van der Waals surface area (Å²) >= 11 is 0. The van der Waals surface area contributed by atoms with Crippen LogP contribution in [0.4, 0.5) is 11.4 Å². The van der Waals surface area contributed by atoms with Crippen molar-refractivity contribution in [3.05, 3.63) is 23.8 Å². The highest BCUT2D eigenvalue weighted by atomic mass is 16.7. The van der Waals surface area contributed by atoms with Crippen molar-refractivity contribution in [2.24, 2.45) is 5.92 Å². The van der Waals surface area contributed by atoms with Gasteiger partial charge in [-0.3, -0.25) is 0 Å². The van der Waals surface area contributed by atoms with E-state index in [0.717, 1.165) is 37.2 Å². The highest BCUT2D eigenvalue weighted by molar-refractivity contribution is 5.66. The first-order valence-corrected chi connectivity index (χ1v) is 9.36. The number of anilines is 2. The second kappa shape index (κ2) is 8.55. The molecule has 1 heterocycles. The van der Waals surface area contributed by atoms with Gasteiger partial charge < -0.3 is 19.7 Å². The lowest BCUT2D eigenvalue weighted by Crippen LogP contribution is -2.39. The van der Waals surface area contributed by atoms with E-state index in [1.165, 1.54) is 31.4 Å². The SMILES string of the molecule is COC(OC)C1CCN(c2ccc(C#N)c(NC3CCCC3)c2)CC1. The van der Waals surface area contributed by atoms with Crippen molar-refractivity contribution in [3.63, 3.8) is 0 Å². The van der Waals surface area contributed by atoms with Crippen LogP contribution in [-0.2, 0) is 9.47 Å². The van der Waals surface area contributed by atoms with Gasteiger partial charge in [0.05, 0.1) is 11.3 Å². The van der Waals surface area contributed by atoms with E-state index in [1.54, 1.807) is 14.2 Å². The molecule has 1 aliphatic carbocycles. The number of hydrogen-bond acceptors (Lipinski definition) is 5. The molecule has 3 rings (SSSR count). The zero-order valence-corrected chi connectivity index (χ0v) is 15.3. The fraction of sp³-hybridized carbons (Fsp3) is 0.650. The fourth-order valence-electron chi connectivity index (χ4n) is 4.15. The summed E-state index contributed by atoms with van der Waals surface area (Å²) < 4.78 is 10.8. The predicted octanol–water partition coefficient (Wildman–Crippen LogP) is 3.75. The number of nitriles is 1. The van der Waals surface area contributed by atoms with E-state index in [1.807, 2.05) is 6.07 Å². The molecule has 1 saturated heterocycles. The third kappa shape index (κ3) is 4.26. The van der Waals surface area contributed by atoms with Crippen LogP contribution in [0.25, 0.3) is 0 Å². The van der Waals surface area contributed by atoms with Gasteiger partial charge in [-0.05, 0) is 43.9 Å². The van der Waals surface area contributed by atoms with Gasteiger partial charge in [-0.1, -0.05) is 12.8 Å². The van der Waals surface area contributed by atoms with Gasteiger partial charge in [0.1, 0.15) is 6.07 Å². The van der Waals surface area contributed by atoms with E-state index in [0.29, 0.717) is 12.0 Å². The Labute approximate surface area is 150 Å². The van der Waals surface area contributed by atoms with Crippen LogP contribution in [0.15, 0.2) is 18.2 Å². The zero-order chi connectivity index (χ0) is 17.6. The summed E-state index contributed by atoms with van der Waals surface area (Å²) in [6, 6.07) is 9.01. The van der Waals surface area contributed by atoms with Crippen LogP contribution < -0.4 is 10.2 Å². The number of hydrogen-bond donors (Lipinski definition) is 1. The van der Waals surface area contributed by atoms with Crippen LogP contribution >= 0.6 is 0 Å². The summed E-state index contributed by atoms with van der Waals surface area (Å²) in [4.78, 5) is 2.40. The first-order chi connectivity index (χ1) is 12.2. The monoisotopic (exact) mass is 343 g/mol. The Morgan fingerprint density at radius 2 is 1.80 bits per heavy atom. The molecule has 0 unspecified atom stereocenters. The summed E-state index contributed by atoms with van der Waals surface area (Å²) in [5.74, 6) is 0.445. The molecule has 0 atom stereocenters. The van der Waals surface area contributed by atoms with Crippen LogP contribution in [0.3, 0.4) is 0 Å². The minimum absolute atomic E-state index is 0.109. The molecular formula is C20H29N3O2.